The third kappa shape index (κ3) is 4.84. The molecule has 1 aliphatic heterocycles. The van der Waals surface area contributed by atoms with Gasteiger partial charge in [0.2, 0.25) is 0 Å². The van der Waals surface area contributed by atoms with Crippen LogP contribution in [0.4, 0.5) is 13.2 Å². The summed E-state index contributed by atoms with van der Waals surface area (Å²) in [4.78, 5) is 29.9. The Morgan fingerprint density at radius 3 is 2.41 bits per heavy atom. The van der Waals surface area contributed by atoms with Crippen LogP contribution in [0.1, 0.15) is 15.9 Å². The Bertz CT molecular complexity index is 1390. The van der Waals surface area contributed by atoms with E-state index in [4.69, 9.17) is 0 Å². The minimum atomic E-state index is -4.55. The standard InChI is InChI=1S/C21H17F3N4O5S/c22-21(23,24)13-5-3-12(4-6-13)16-8-15(19(30)26-17-10-34(32,33)11-18(17)29)20(31)28(27-16)14-2-1-7-25-9-14/h1-9,17-18,29H,10-11H2,(H,26,30)/t17-,18+/m0/s1. The highest BCUT2D eigenvalue weighted by atomic mass is 32.2. The first-order valence-electron chi connectivity index (χ1n) is 9.86. The predicted molar refractivity (Wildman–Crippen MR) is 114 cm³/mol. The van der Waals surface area contributed by atoms with E-state index in [2.05, 4.69) is 15.4 Å². The molecule has 9 nitrogen and oxygen atoms in total. The van der Waals surface area contributed by atoms with Crippen molar-refractivity contribution >= 4 is 15.7 Å². The lowest BCUT2D eigenvalue weighted by Crippen LogP contribution is -2.44. The number of aromatic nitrogens is 3. The summed E-state index contributed by atoms with van der Waals surface area (Å²) < 4.78 is 63.1. The molecule has 0 bridgehead atoms. The van der Waals surface area contributed by atoms with Crippen molar-refractivity contribution < 1.29 is 31.5 Å². The summed E-state index contributed by atoms with van der Waals surface area (Å²) in [5, 5.41) is 16.5. The maximum absolute atomic E-state index is 13.0. The van der Waals surface area contributed by atoms with E-state index in [0.29, 0.717) is 0 Å². The van der Waals surface area contributed by atoms with Crippen LogP contribution in [0.25, 0.3) is 16.9 Å². The van der Waals surface area contributed by atoms with Gasteiger partial charge in [-0.25, -0.2) is 8.42 Å². The van der Waals surface area contributed by atoms with Crippen LogP contribution in [0.15, 0.2) is 59.7 Å². The number of benzene rings is 1. The molecule has 0 spiro atoms. The van der Waals surface area contributed by atoms with Gasteiger partial charge in [-0.2, -0.15) is 23.0 Å². The number of carbonyl (C=O) groups is 1. The Kier molecular flexibility index (Phi) is 6.00. The Balaban J connectivity index is 1.78. The van der Waals surface area contributed by atoms with Crippen LogP contribution < -0.4 is 10.9 Å². The molecule has 2 aromatic heterocycles. The Morgan fingerprint density at radius 1 is 1.15 bits per heavy atom. The maximum Gasteiger partial charge on any atom is 0.416 e. The number of sulfone groups is 1. The second-order valence-electron chi connectivity index (χ2n) is 7.67. The zero-order valence-electron chi connectivity index (χ0n) is 17.2. The fourth-order valence-electron chi connectivity index (χ4n) is 3.50. The minimum Gasteiger partial charge on any atom is -0.390 e. The Hall–Kier alpha value is -3.58. The number of amides is 1. The largest absolute Gasteiger partial charge is 0.416 e. The fourth-order valence-corrected chi connectivity index (χ4v) is 5.24. The summed E-state index contributed by atoms with van der Waals surface area (Å²) in [5.41, 5.74) is -1.78. The van der Waals surface area contributed by atoms with Gasteiger partial charge in [0.25, 0.3) is 11.5 Å². The summed E-state index contributed by atoms with van der Waals surface area (Å²) in [6, 6.07) is 6.98. The van der Waals surface area contributed by atoms with Crippen LogP contribution in [0, 0.1) is 0 Å². The van der Waals surface area contributed by atoms with Crippen LogP contribution in [0.2, 0.25) is 0 Å². The van der Waals surface area contributed by atoms with E-state index in [1.54, 1.807) is 0 Å². The number of nitrogens with one attached hydrogen (secondary N) is 1. The van der Waals surface area contributed by atoms with E-state index in [0.717, 1.165) is 35.0 Å². The lowest BCUT2D eigenvalue weighted by atomic mass is 10.1. The molecule has 13 heteroatoms. The van der Waals surface area contributed by atoms with Gasteiger partial charge in [-0.1, -0.05) is 12.1 Å². The molecule has 3 heterocycles. The number of pyridine rings is 1. The van der Waals surface area contributed by atoms with Crippen molar-refractivity contribution in [3.63, 3.8) is 0 Å². The third-order valence-electron chi connectivity index (χ3n) is 5.19. The van der Waals surface area contributed by atoms with E-state index in [-0.39, 0.29) is 16.9 Å². The molecule has 1 aliphatic rings. The molecule has 178 valence electrons. The van der Waals surface area contributed by atoms with Gasteiger partial charge >= 0.3 is 6.18 Å². The van der Waals surface area contributed by atoms with Gasteiger partial charge in [0, 0.05) is 11.8 Å². The second kappa shape index (κ2) is 8.65. The monoisotopic (exact) mass is 494 g/mol. The van der Waals surface area contributed by atoms with Crippen molar-refractivity contribution in [3.05, 3.63) is 76.3 Å². The van der Waals surface area contributed by atoms with Crippen LogP contribution in [0.3, 0.4) is 0 Å². The highest BCUT2D eigenvalue weighted by Crippen LogP contribution is 2.30. The van der Waals surface area contributed by atoms with Crippen LogP contribution >= 0.6 is 0 Å². The number of alkyl halides is 3. The summed E-state index contributed by atoms with van der Waals surface area (Å²) in [7, 11) is -3.56. The van der Waals surface area contributed by atoms with E-state index in [1.807, 2.05) is 0 Å². The fraction of sp³-hybridized carbons (Fsp3) is 0.238. The summed E-state index contributed by atoms with van der Waals surface area (Å²) in [5.74, 6) is -1.97. The summed E-state index contributed by atoms with van der Waals surface area (Å²) in [6.45, 7) is 0. The summed E-state index contributed by atoms with van der Waals surface area (Å²) in [6.07, 6.45) is -3.14. The van der Waals surface area contributed by atoms with Crippen molar-refractivity contribution in [1.82, 2.24) is 20.1 Å². The van der Waals surface area contributed by atoms with Crippen molar-refractivity contribution in [1.29, 1.82) is 0 Å². The van der Waals surface area contributed by atoms with Crippen molar-refractivity contribution in [2.75, 3.05) is 11.5 Å². The predicted octanol–water partition coefficient (Wildman–Crippen LogP) is 1.20. The molecule has 34 heavy (non-hydrogen) atoms. The molecule has 4 rings (SSSR count). The molecule has 3 aromatic rings. The first-order chi connectivity index (χ1) is 15.9. The minimum absolute atomic E-state index is 0.0157. The topological polar surface area (TPSA) is 131 Å². The number of rotatable bonds is 4. The zero-order chi connectivity index (χ0) is 24.7. The summed E-state index contributed by atoms with van der Waals surface area (Å²) >= 11 is 0. The highest BCUT2D eigenvalue weighted by molar-refractivity contribution is 7.91. The molecule has 0 unspecified atom stereocenters. The van der Waals surface area contributed by atoms with Gasteiger partial charge in [0.05, 0.1) is 46.8 Å². The third-order valence-corrected chi connectivity index (χ3v) is 6.91. The second-order valence-corrected chi connectivity index (χ2v) is 9.82. The molecule has 1 saturated heterocycles. The van der Waals surface area contributed by atoms with Gasteiger partial charge in [-0.15, -0.1) is 0 Å². The number of aliphatic hydroxyl groups excluding tert-OH is 1. The van der Waals surface area contributed by atoms with E-state index in [9.17, 15) is 36.3 Å². The first kappa shape index (κ1) is 23.6. The van der Waals surface area contributed by atoms with Gasteiger partial charge in [0.1, 0.15) is 5.56 Å². The molecular weight excluding hydrogens is 477 g/mol. The van der Waals surface area contributed by atoms with Crippen LogP contribution in [-0.2, 0) is 16.0 Å². The lowest BCUT2D eigenvalue weighted by Gasteiger charge is -2.16. The van der Waals surface area contributed by atoms with Gasteiger partial charge in [-0.05, 0) is 30.3 Å². The van der Waals surface area contributed by atoms with Crippen molar-refractivity contribution in [2.24, 2.45) is 0 Å². The molecule has 1 amide bonds. The number of hydrogen-bond donors (Lipinski definition) is 2. The smallest absolute Gasteiger partial charge is 0.390 e. The van der Waals surface area contributed by atoms with Crippen molar-refractivity contribution in [2.45, 2.75) is 18.3 Å². The number of hydrogen-bond acceptors (Lipinski definition) is 7. The SMILES string of the molecule is O=C(N[C@H]1CS(=O)(=O)C[C@H]1O)c1cc(-c2ccc(C(F)(F)F)cc2)nn(-c2cccnc2)c1=O. The molecule has 0 radical (unpaired) electrons. The normalized spacial score (nSPS) is 19.6. The van der Waals surface area contributed by atoms with E-state index in [1.165, 1.54) is 24.5 Å². The number of carbonyl (C=O) groups excluding carboxylic acids is 1. The molecule has 1 fully saturated rings. The lowest BCUT2D eigenvalue weighted by molar-refractivity contribution is -0.137. The Morgan fingerprint density at radius 2 is 1.85 bits per heavy atom. The first-order valence-corrected chi connectivity index (χ1v) is 11.7. The molecule has 2 N–H and O–H groups in total. The highest BCUT2D eigenvalue weighted by Gasteiger charge is 2.38. The average molecular weight is 494 g/mol. The molecule has 0 aliphatic carbocycles. The molecular formula is C21H17F3N4O5S. The van der Waals surface area contributed by atoms with Crippen molar-refractivity contribution in [3.8, 4) is 16.9 Å². The van der Waals surface area contributed by atoms with Gasteiger partial charge < -0.3 is 10.4 Å². The number of halogens is 3. The molecule has 2 atom stereocenters. The number of aliphatic hydroxyl groups is 1. The van der Waals surface area contributed by atoms with Crippen LogP contribution in [0.5, 0.6) is 0 Å². The van der Waals surface area contributed by atoms with Gasteiger partial charge in [-0.3, -0.25) is 14.6 Å². The van der Waals surface area contributed by atoms with E-state index < -0.39 is 62.3 Å². The van der Waals surface area contributed by atoms with E-state index >= 15 is 0 Å². The van der Waals surface area contributed by atoms with Gasteiger partial charge in [0.15, 0.2) is 9.84 Å². The Labute approximate surface area is 190 Å². The molecule has 0 saturated carbocycles. The maximum atomic E-state index is 13.0. The average Bonchev–Trinajstić information content (AvgIpc) is 3.04. The van der Waals surface area contributed by atoms with Crippen LogP contribution in [-0.4, -0.2) is 57.8 Å². The quantitative estimate of drug-likeness (QED) is 0.557. The zero-order valence-corrected chi connectivity index (χ0v) is 18.0. The number of nitrogens with zero attached hydrogens (tertiary/aromatic N) is 3. The molecule has 1 aromatic carbocycles.